The molecular formula is C9H15BO2S. The Morgan fingerprint density at radius 3 is 2.31 bits per heavy atom. The predicted molar refractivity (Wildman–Crippen MR) is 57.3 cm³/mol. The molecule has 0 aliphatic heterocycles. The summed E-state index contributed by atoms with van der Waals surface area (Å²) in [4.78, 5) is 1.20. The van der Waals surface area contributed by atoms with E-state index in [0.29, 0.717) is 4.78 Å². The molecule has 4 heteroatoms. The lowest BCUT2D eigenvalue weighted by molar-refractivity contribution is 0.414. The number of hydrogen-bond acceptors (Lipinski definition) is 3. The fraction of sp³-hybridized carbons (Fsp3) is 0.556. The smallest absolute Gasteiger partial charge is 0.423 e. The van der Waals surface area contributed by atoms with Gasteiger partial charge in [-0.2, -0.15) is 0 Å². The molecule has 0 radical (unpaired) electrons. The first kappa shape index (κ1) is 10.8. The Bertz CT molecular complexity index is 275. The average Bonchev–Trinajstić information content (AvgIpc) is 2.31. The topological polar surface area (TPSA) is 40.5 Å². The van der Waals surface area contributed by atoms with Crippen LogP contribution in [0.4, 0.5) is 0 Å². The Labute approximate surface area is 83.4 Å². The molecule has 0 aliphatic carbocycles. The molecule has 2 N–H and O–H groups in total. The van der Waals surface area contributed by atoms with E-state index in [9.17, 15) is 0 Å². The van der Waals surface area contributed by atoms with Crippen molar-refractivity contribution >= 4 is 23.2 Å². The summed E-state index contributed by atoms with van der Waals surface area (Å²) < 4.78 is 0.624. The molecule has 0 aliphatic rings. The van der Waals surface area contributed by atoms with E-state index in [0.717, 1.165) is 6.42 Å². The van der Waals surface area contributed by atoms with Gasteiger partial charge < -0.3 is 10.0 Å². The molecule has 0 saturated carbocycles. The molecule has 0 bridgehead atoms. The van der Waals surface area contributed by atoms with Gasteiger partial charge in [-0.1, -0.05) is 26.8 Å². The van der Waals surface area contributed by atoms with Gasteiger partial charge in [0.1, 0.15) is 0 Å². The molecule has 1 rings (SSSR count). The highest BCUT2D eigenvalue weighted by Crippen LogP contribution is 2.22. The molecule has 1 aromatic heterocycles. The second kappa shape index (κ2) is 3.82. The molecule has 1 heterocycles. The van der Waals surface area contributed by atoms with Gasteiger partial charge in [0.05, 0.1) is 0 Å². The summed E-state index contributed by atoms with van der Waals surface area (Å²) in [6.07, 6.45) is 0.977. The Balaban J connectivity index is 2.70. The van der Waals surface area contributed by atoms with Gasteiger partial charge in [0.25, 0.3) is 0 Å². The van der Waals surface area contributed by atoms with Crippen LogP contribution < -0.4 is 4.78 Å². The van der Waals surface area contributed by atoms with Crippen LogP contribution in [-0.2, 0) is 6.42 Å². The third kappa shape index (κ3) is 3.50. The van der Waals surface area contributed by atoms with Gasteiger partial charge in [-0.3, -0.25) is 0 Å². The monoisotopic (exact) mass is 198 g/mol. The van der Waals surface area contributed by atoms with Crippen LogP contribution in [0.5, 0.6) is 0 Å². The highest BCUT2D eigenvalue weighted by atomic mass is 32.1. The predicted octanol–water partition coefficient (Wildman–Crippen LogP) is 1.02. The highest BCUT2D eigenvalue weighted by Gasteiger charge is 2.17. The summed E-state index contributed by atoms with van der Waals surface area (Å²) in [5, 5.41) is 17.8. The summed E-state index contributed by atoms with van der Waals surface area (Å²) >= 11 is 1.47. The Kier molecular flexibility index (Phi) is 3.16. The lowest BCUT2D eigenvalue weighted by Gasteiger charge is -2.16. The molecule has 13 heavy (non-hydrogen) atoms. The normalized spacial score (nSPS) is 11.8. The molecule has 0 fully saturated rings. The first-order valence-electron chi connectivity index (χ1n) is 4.33. The van der Waals surface area contributed by atoms with Crippen molar-refractivity contribution in [3.05, 3.63) is 17.0 Å². The molecule has 0 saturated heterocycles. The van der Waals surface area contributed by atoms with Gasteiger partial charge in [0.2, 0.25) is 0 Å². The van der Waals surface area contributed by atoms with Gasteiger partial charge >= 0.3 is 7.12 Å². The lowest BCUT2D eigenvalue weighted by atomic mass is 9.89. The second-order valence-electron chi connectivity index (χ2n) is 4.42. The van der Waals surface area contributed by atoms with Crippen LogP contribution in [0.2, 0.25) is 0 Å². The average molecular weight is 198 g/mol. The van der Waals surface area contributed by atoms with Crippen molar-refractivity contribution in [3.8, 4) is 0 Å². The van der Waals surface area contributed by atoms with Crippen molar-refractivity contribution in [3.63, 3.8) is 0 Å². The van der Waals surface area contributed by atoms with Crippen LogP contribution in [0.3, 0.4) is 0 Å². The molecule has 0 unspecified atom stereocenters. The minimum absolute atomic E-state index is 0.253. The summed E-state index contributed by atoms with van der Waals surface area (Å²) in [5.74, 6) is 0. The van der Waals surface area contributed by atoms with Crippen molar-refractivity contribution in [1.82, 2.24) is 0 Å². The van der Waals surface area contributed by atoms with Gasteiger partial charge in [-0.25, -0.2) is 0 Å². The largest absolute Gasteiger partial charge is 0.499 e. The minimum atomic E-state index is -1.32. The fourth-order valence-electron chi connectivity index (χ4n) is 1.15. The molecule has 72 valence electrons. The first-order valence-corrected chi connectivity index (χ1v) is 5.15. The van der Waals surface area contributed by atoms with Gasteiger partial charge in [-0.15, -0.1) is 11.3 Å². The molecule has 0 aromatic carbocycles. The zero-order valence-corrected chi connectivity index (χ0v) is 9.06. The van der Waals surface area contributed by atoms with Gasteiger partial charge in [0.15, 0.2) is 0 Å². The first-order chi connectivity index (χ1) is 5.88. The Hall–Kier alpha value is -0.315. The summed E-state index contributed by atoms with van der Waals surface area (Å²) in [7, 11) is -1.32. The summed E-state index contributed by atoms with van der Waals surface area (Å²) in [6, 6.07) is 3.74. The van der Waals surface area contributed by atoms with Gasteiger partial charge in [-0.05, 0) is 17.9 Å². The van der Waals surface area contributed by atoms with E-state index >= 15 is 0 Å². The number of thiophene rings is 1. The quantitative estimate of drug-likeness (QED) is 0.696. The minimum Gasteiger partial charge on any atom is -0.423 e. The van der Waals surface area contributed by atoms with Crippen molar-refractivity contribution in [1.29, 1.82) is 0 Å². The number of rotatable bonds is 2. The van der Waals surface area contributed by atoms with Crippen LogP contribution in [0.25, 0.3) is 0 Å². The second-order valence-corrected chi connectivity index (χ2v) is 5.62. The maximum atomic E-state index is 8.90. The molecular weight excluding hydrogens is 183 g/mol. The van der Waals surface area contributed by atoms with Crippen molar-refractivity contribution in [2.45, 2.75) is 27.2 Å². The lowest BCUT2D eigenvalue weighted by Crippen LogP contribution is -2.26. The van der Waals surface area contributed by atoms with E-state index in [1.807, 2.05) is 6.07 Å². The third-order valence-electron chi connectivity index (χ3n) is 1.64. The molecule has 1 aromatic rings. The zero-order valence-electron chi connectivity index (χ0n) is 8.24. The Morgan fingerprint density at radius 1 is 1.31 bits per heavy atom. The van der Waals surface area contributed by atoms with E-state index in [-0.39, 0.29) is 5.41 Å². The van der Waals surface area contributed by atoms with Crippen LogP contribution in [0.1, 0.15) is 25.6 Å². The maximum absolute atomic E-state index is 8.90. The standard InChI is InChI=1S/C9H15BO2S/c1-9(2,3)6-7-4-5-8(13-7)10(11)12/h4-5,11-12H,6H2,1-3H3. The van der Waals surface area contributed by atoms with Crippen molar-refractivity contribution < 1.29 is 10.0 Å². The molecule has 0 amide bonds. The molecule has 0 spiro atoms. The molecule has 2 nitrogen and oxygen atoms in total. The SMILES string of the molecule is CC(C)(C)Cc1ccc(B(O)O)s1. The van der Waals surface area contributed by atoms with Crippen molar-refractivity contribution in [2.24, 2.45) is 5.41 Å². The summed E-state index contributed by atoms with van der Waals surface area (Å²) in [6.45, 7) is 6.51. The maximum Gasteiger partial charge on any atom is 0.499 e. The zero-order chi connectivity index (χ0) is 10.1. The van der Waals surface area contributed by atoms with E-state index in [2.05, 4.69) is 20.8 Å². The fourth-order valence-corrected chi connectivity index (χ4v) is 2.34. The molecule has 0 atom stereocenters. The van der Waals surface area contributed by atoms with E-state index in [4.69, 9.17) is 10.0 Å². The van der Waals surface area contributed by atoms with Gasteiger partial charge in [0, 0.05) is 9.65 Å². The van der Waals surface area contributed by atoms with Crippen LogP contribution in [0, 0.1) is 5.41 Å². The van der Waals surface area contributed by atoms with Crippen LogP contribution in [-0.4, -0.2) is 17.2 Å². The van der Waals surface area contributed by atoms with Crippen molar-refractivity contribution in [2.75, 3.05) is 0 Å². The Morgan fingerprint density at radius 2 is 1.92 bits per heavy atom. The highest BCUT2D eigenvalue weighted by molar-refractivity contribution is 7.22. The summed E-state index contributed by atoms with van der Waals surface area (Å²) in [5.41, 5.74) is 0.253. The van der Waals surface area contributed by atoms with E-state index in [1.165, 1.54) is 16.2 Å². The third-order valence-corrected chi connectivity index (χ3v) is 2.77. The van der Waals surface area contributed by atoms with Crippen LogP contribution >= 0.6 is 11.3 Å². The van der Waals surface area contributed by atoms with E-state index < -0.39 is 7.12 Å². The van der Waals surface area contributed by atoms with E-state index in [1.54, 1.807) is 6.07 Å². The van der Waals surface area contributed by atoms with Crippen LogP contribution in [0.15, 0.2) is 12.1 Å². The number of hydrogen-bond donors (Lipinski definition) is 2.